The van der Waals surface area contributed by atoms with Gasteiger partial charge in [0.15, 0.2) is 5.43 Å². The number of pyridine rings is 1. The number of fused-ring (bicyclic) bond motifs is 3. The predicted octanol–water partition coefficient (Wildman–Crippen LogP) is 7.15. The Bertz CT molecular complexity index is 1890. The topological polar surface area (TPSA) is 39.8 Å². The van der Waals surface area contributed by atoms with Crippen molar-refractivity contribution in [1.82, 2.24) is 14.1 Å². The third-order valence-electron chi connectivity index (χ3n) is 6.74. The van der Waals surface area contributed by atoms with Gasteiger partial charge in [-0.1, -0.05) is 54.6 Å². The molecule has 0 radical (unpaired) electrons. The molecule has 0 unspecified atom stereocenters. The number of aromatic nitrogens is 3. The summed E-state index contributed by atoms with van der Waals surface area (Å²) in [5, 5.41) is 1.43. The summed E-state index contributed by atoms with van der Waals surface area (Å²) in [7, 11) is 0. The number of hydrogen-bond donors (Lipinski definition) is 0. The summed E-state index contributed by atoms with van der Waals surface area (Å²) in [6.45, 7) is 0. The summed E-state index contributed by atoms with van der Waals surface area (Å²) in [6.07, 6.45) is 0. The summed E-state index contributed by atoms with van der Waals surface area (Å²) in [5.41, 5.74) is 6.96. The van der Waals surface area contributed by atoms with Crippen LogP contribution in [0.3, 0.4) is 0 Å². The molecule has 0 amide bonds. The zero-order valence-corrected chi connectivity index (χ0v) is 19.4. The van der Waals surface area contributed by atoms with Gasteiger partial charge in [0.25, 0.3) is 0 Å². The van der Waals surface area contributed by atoms with E-state index in [0.717, 1.165) is 44.8 Å². The van der Waals surface area contributed by atoms with E-state index in [0.29, 0.717) is 10.8 Å². The molecule has 0 aliphatic carbocycles. The Kier molecular flexibility index (Phi) is 4.57. The quantitative estimate of drug-likeness (QED) is 0.261. The summed E-state index contributed by atoms with van der Waals surface area (Å²) in [4.78, 5) is 18.1. The Hall–Kier alpha value is -4.96. The minimum Gasteiger partial charge on any atom is -0.309 e. The average Bonchev–Trinajstić information content (AvgIpc) is 3.34. The van der Waals surface area contributed by atoms with Gasteiger partial charge in [0.1, 0.15) is 5.82 Å². The van der Waals surface area contributed by atoms with Crippen molar-refractivity contribution in [2.75, 3.05) is 0 Å². The van der Waals surface area contributed by atoms with Gasteiger partial charge in [-0.2, -0.15) is 0 Å². The van der Waals surface area contributed by atoms with Crippen LogP contribution in [0.25, 0.3) is 55.6 Å². The highest BCUT2D eigenvalue weighted by molar-refractivity contribution is 5.95. The minimum absolute atomic E-state index is 0.0608. The molecule has 0 aliphatic rings. The number of rotatable bonds is 3. The molecule has 7 rings (SSSR count). The molecule has 0 saturated heterocycles. The fraction of sp³-hybridized carbons (Fsp3) is 0. The summed E-state index contributed by atoms with van der Waals surface area (Å²) >= 11 is 0. The second-order valence-electron chi connectivity index (χ2n) is 8.84. The first-order valence-electron chi connectivity index (χ1n) is 12.0. The van der Waals surface area contributed by atoms with Crippen molar-refractivity contribution in [1.29, 1.82) is 0 Å². The molecule has 0 bridgehead atoms. The molecule has 0 saturated carbocycles. The fourth-order valence-corrected chi connectivity index (χ4v) is 5.09. The molecule has 4 heteroatoms. The van der Waals surface area contributed by atoms with E-state index in [4.69, 9.17) is 4.98 Å². The van der Waals surface area contributed by atoms with Gasteiger partial charge >= 0.3 is 0 Å². The van der Waals surface area contributed by atoms with Crippen LogP contribution in [-0.2, 0) is 0 Å². The van der Waals surface area contributed by atoms with Crippen LogP contribution in [0, 0.1) is 0 Å². The molecule has 7 aromatic rings. The minimum atomic E-state index is 0.0608. The van der Waals surface area contributed by atoms with Gasteiger partial charge < -0.3 is 4.57 Å². The van der Waals surface area contributed by atoms with Gasteiger partial charge in [0, 0.05) is 27.7 Å². The number of benzene rings is 5. The Morgan fingerprint density at radius 1 is 0.472 bits per heavy atom. The molecule has 36 heavy (non-hydrogen) atoms. The standard InChI is InChI=1S/C32H21N3O/c36-31-25-12-4-7-15-28(25)34(29-16-8-5-13-26(29)31)24-20-18-22(19-21-24)32-33-27-14-6-9-17-30(27)35(32)23-10-2-1-3-11-23/h1-21H. The Morgan fingerprint density at radius 2 is 1.00 bits per heavy atom. The van der Waals surface area contributed by atoms with Gasteiger partial charge in [-0.25, -0.2) is 4.98 Å². The molecule has 0 atom stereocenters. The van der Waals surface area contributed by atoms with Crippen LogP contribution in [0.5, 0.6) is 0 Å². The lowest BCUT2D eigenvalue weighted by atomic mass is 10.1. The molecule has 170 valence electrons. The van der Waals surface area contributed by atoms with E-state index >= 15 is 0 Å². The van der Waals surface area contributed by atoms with Crippen molar-refractivity contribution < 1.29 is 0 Å². The molecule has 0 aliphatic heterocycles. The molecule has 0 spiro atoms. The maximum absolute atomic E-state index is 13.1. The van der Waals surface area contributed by atoms with Crippen molar-refractivity contribution in [3.05, 3.63) is 138 Å². The van der Waals surface area contributed by atoms with Crippen LogP contribution >= 0.6 is 0 Å². The largest absolute Gasteiger partial charge is 0.309 e. The van der Waals surface area contributed by atoms with Gasteiger partial charge in [0.05, 0.1) is 22.1 Å². The first-order chi connectivity index (χ1) is 17.8. The fourth-order valence-electron chi connectivity index (χ4n) is 5.09. The molecule has 2 heterocycles. The van der Waals surface area contributed by atoms with E-state index < -0.39 is 0 Å². The molecule has 0 fully saturated rings. The maximum Gasteiger partial charge on any atom is 0.197 e. The molecule has 4 nitrogen and oxygen atoms in total. The Morgan fingerprint density at radius 3 is 1.67 bits per heavy atom. The van der Waals surface area contributed by atoms with E-state index in [-0.39, 0.29) is 5.43 Å². The van der Waals surface area contributed by atoms with Gasteiger partial charge in [-0.15, -0.1) is 0 Å². The lowest BCUT2D eigenvalue weighted by molar-refractivity contribution is 1.10. The number of imidazole rings is 1. The molecular formula is C32H21N3O. The smallest absolute Gasteiger partial charge is 0.197 e. The molecular weight excluding hydrogens is 442 g/mol. The van der Waals surface area contributed by atoms with Gasteiger partial charge in [-0.05, 0) is 72.8 Å². The van der Waals surface area contributed by atoms with E-state index in [1.165, 1.54) is 0 Å². The maximum atomic E-state index is 13.1. The van der Waals surface area contributed by atoms with E-state index in [9.17, 15) is 4.79 Å². The highest BCUT2D eigenvalue weighted by atomic mass is 16.1. The van der Waals surface area contributed by atoms with Crippen LogP contribution < -0.4 is 5.43 Å². The van der Waals surface area contributed by atoms with E-state index in [1.54, 1.807) is 0 Å². The summed E-state index contributed by atoms with van der Waals surface area (Å²) in [6, 6.07) is 42.6. The highest BCUT2D eigenvalue weighted by Gasteiger charge is 2.15. The molecule has 0 N–H and O–H groups in total. The van der Waals surface area contributed by atoms with Gasteiger partial charge in [-0.3, -0.25) is 9.36 Å². The normalized spacial score (nSPS) is 11.4. The zero-order chi connectivity index (χ0) is 24.1. The van der Waals surface area contributed by atoms with Crippen LogP contribution in [0.1, 0.15) is 0 Å². The van der Waals surface area contributed by atoms with Crippen LogP contribution in [0.15, 0.2) is 132 Å². The lowest BCUT2D eigenvalue weighted by Crippen LogP contribution is -2.10. The second-order valence-corrected chi connectivity index (χ2v) is 8.84. The zero-order valence-electron chi connectivity index (χ0n) is 19.4. The van der Waals surface area contributed by atoms with Crippen molar-refractivity contribution in [2.24, 2.45) is 0 Å². The third-order valence-corrected chi connectivity index (χ3v) is 6.74. The van der Waals surface area contributed by atoms with Crippen LogP contribution in [0.4, 0.5) is 0 Å². The second kappa shape index (κ2) is 8.07. The Labute approximate surface area is 207 Å². The first-order valence-corrected chi connectivity index (χ1v) is 12.0. The van der Waals surface area contributed by atoms with E-state index in [2.05, 4.69) is 51.6 Å². The van der Waals surface area contributed by atoms with Crippen molar-refractivity contribution in [3.63, 3.8) is 0 Å². The third kappa shape index (κ3) is 3.08. The number of para-hydroxylation sites is 5. The van der Waals surface area contributed by atoms with Crippen molar-refractivity contribution in [2.45, 2.75) is 0 Å². The van der Waals surface area contributed by atoms with E-state index in [1.807, 2.05) is 84.9 Å². The number of hydrogen-bond acceptors (Lipinski definition) is 2. The van der Waals surface area contributed by atoms with Crippen LogP contribution in [-0.4, -0.2) is 14.1 Å². The van der Waals surface area contributed by atoms with Crippen molar-refractivity contribution in [3.8, 4) is 22.8 Å². The SMILES string of the molecule is O=c1c2ccccc2n(-c2ccc(-c3nc4ccccc4n3-c3ccccc3)cc2)c2ccccc12. The highest BCUT2D eigenvalue weighted by Crippen LogP contribution is 2.30. The monoisotopic (exact) mass is 463 g/mol. The average molecular weight is 464 g/mol. The first kappa shape index (κ1) is 20.4. The summed E-state index contributed by atoms with van der Waals surface area (Å²) < 4.78 is 4.37. The lowest BCUT2D eigenvalue weighted by Gasteiger charge is -2.16. The number of nitrogens with zero attached hydrogens (tertiary/aromatic N) is 3. The van der Waals surface area contributed by atoms with Crippen molar-refractivity contribution >= 4 is 32.8 Å². The predicted molar refractivity (Wildman–Crippen MR) is 147 cm³/mol. The summed E-state index contributed by atoms with van der Waals surface area (Å²) in [5.74, 6) is 0.892. The van der Waals surface area contributed by atoms with Crippen LogP contribution in [0.2, 0.25) is 0 Å². The van der Waals surface area contributed by atoms with Gasteiger partial charge in [0.2, 0.25) is 0 Å². The molecule has 5 aromatic carbocycles. The Balaban J connectivity index is 1.45. The molecule has 2 aromatic heterocycles.